The highest BCUT2D eigenvalue weighted by molar-refractivity contribution is 5.81. The summed E-state index contributed by atoms with van der Waals surface area (Å²) in [6.07, 6.45) is 0.347. The summed E-state index contributed by atoms with van der Waals surface area (Å²) >= 11 is 0. The van der Waals surface area contributed by atoms with E-state index in [1.807, 2.05) is 57.2 Å². The molecular weight excluding hydrogens is 548 g/mol. The lowest BCUT2D eigenvalue weighted by Gasteiger charge is -2.33. The number of hydrogen-bond donors (Lipinski definition) is 2. The van der Waals surface area contributed by atoms with Gasteiger partial charge in [0.25, 0.3) is 0 Å². The molecule has 9 nitrogen and oxygen atoms in total. The van der Waals surface area contributed by atoms with Crippen molar-refractivity contribution < 1.29 is 33.7 Å². The van der Waals surface area contributed by atoms with Gasteiger partial charge in [0, 0.05) is 38.3 Å². The molecule has 2 aliphatic rings. The third kappa shape index (κ3) is 7.46. The molecule has 1 heterocycles. The van der Waals surface area contributed by atoms with Gasteiger partial charge in [-0.1, -0.05) is 60.7 Å². The van der Waals surface area contributed by atoms with Gasteiger partial charge in [0.15, 0.2) is 0 Å². The second-order valence-electron chi connectivity index (χ2n) is 12.0. The number of rotatable bonds is 8. The summed E-state index contributed by atoms with van der Waals surface area (Å²) in [6.45, 7) is 6.76. The van der Waals surface area contributed by atoms with Crippen molar-refractivity contribution in [3.8, 4) is 16.9 Å². The fourth-order valence-electron chi connectivity index (χ4n) is 5.60. The Morgan fingerprint density at radius 3 is 2.05 bits per heavy atom. The number of carboxylic acid groups (broad SMARTS) is 1. The maximum absolute atomic E-state index is 12.7. The maximum atomic E-state index is 12.7. The van der Waals surface area contributed by atoms with Crippen LogP contribution in [0.25, 0.3) is 11.1 Å². The van der Waals surface area contributed by atoms with Gasteiger partial charge in [0.2, 0.25) is 0 Å². The number of ether oxygens (including phenoxy) is 3. The van der Waals surface area contributed by atoms with Gasteiger partial charge in [0.05, 0.1) is 0 Å². The number of fused-ring (bicyclic) bond motifs is 3. The summed E-state index contributed by atoms with van der Waals surface area (Å²) in [6, 6.07) is 22.1. The second kappa shape index (κ2) is 12.8. The molecule has 2 N–H and O–H groups in total. The summed E-state index contributed by atoms with van der Waals surface area (Å²) in [5.74, 6) is -0.597. The maximum Gasteiger partial charge on any atom is 0.410 e. The highest BCUT2D eigenvalue weighted by atomic mass is 16.6. The van der Waals surface area contributed by atoms with Crippen LogP contribution < -0.4 is 10.1 Å². The molecule has 1 aliphatic heterocycles. The number of nitrogens with one attached hydrogen (secondary N) is 1. The van der Waals surface area contributed by atoms with Crippen LogP contribution in [0.15, 0.2) is 72.8 Å². The molecule has 0 bridgehead atoms. The standard InChI is InChI=1S/C34H38N2O7/c1-34(2,3)43-33(40)36-18-16-24(17-19-36)42-23-14-12-22(13-15-23)20-30(31(37)38)35-32(39)41-21-29-27-10-6-4-8-25(27)26-9-5-7-11-28(26)29/h4-15,24,29-30H,16-21H2,1-3H3,(H,35,39)(H,37,38)/t30-/m0/s1. The first-order valence-corrected chi connectivity index (χ1v) is 14.7. The summed E-state index contributed by atoms with van der Waals surface area (Å²) in [5, 5.41) is 12.3. The predicted octanol–water partition coefficient (Wildman–Crippen LogP) is 6.00. The van der Waals surface area contributed by atoms with Crippen molar-refractivity contribution in [1.29, 1.82) is 0 Å². The minimum absolute atomic E-state index is 0.0356. The van der Waals surface area contributed by atoms with Crippen molar-refractivity contribution in [1.82, 2.24) is 10.2 Å². The van der Waals surface area contributed by atoms with E-state index in [2.05, 4.69) is 17.4 Å². The number of carboxylic acids is 1. The number of alkyl carbamates (subject to hydrolysis) is 1. The van der Waals surface area contributed by atoms with Crippen LogP contribution in [-0.2, 0) is 20.7 Å². The highest BCUT2D eigenvalue weighted by Gasteiger charge is 2.30. The monoisotopic (exact) mass is 586 g/mol. The molecule has 1 aliphatic carbocycles. The quantitative estimate of drug-likeness (QED) is 0.333. The molecule has 226 valence electrons. The molecule has 0 aromatic heterocycles. The molecule has 0 radical (unpaired) electrons. The van der Waals surface area contributed by atoms with Gasteiger partial charge in [-0.05, 0) is 60.7 Å². The number of likely N-dealkylation sites (tertiary alicyclic amines) is 1. The summed E-state index contributed by atoms with van der Waals surface area (Å²) < 4.78 is 17.1. The fraction of sp³-hybridized carbons (Fsp3) is 0.382. The number of hydrogen-bond acceptors (Lipinski definition) is 6. The fourth-order valence-corrected chi connectivity index (χ4v) is 5.60. The van der Waals surface area contributed by atoms with Crippen molar-refractivity contribution in [2.24, 2.45) is 0 Å². The average Bonchev–Trinajstić information content (AvgIpc) is 3.30. The minimum Gasteiger partial charge on any atom is -0.490 e. The smallest absolute Gasteiger partial charge is 0.410 e. The van der Waals surface area contributed by atoms with Crippen LogP contribution in [0.3, 0.4) is 0 Å². The summed E-state index contributed by atoms with van der Waals surface area (Å²) in [4.78, 5) is 38.7. The first-order chi connectivity index (χ1) is 20.6. The Kier molecular flexibility index (Phi) is 8.89. The van der Waals surface area contributed by atoms with Crippen molar-refractivity contribution in [2.45, 2.75) is 63.7 Å². The van der Waals surface area contributed by atoms with Gasteiger partial charge < -0.3 is 29.5 Å². The lowest BCUT2D eigenvalue weighted by Crippen LogP contribution is -2.44. The number of nitrogens with zero attached hydrogens (tertiary/aromatic N) is 1. The molecule has 0 saturated carbocycles. The third-order valence-electron chi connectivity index (χ3n) is 7.69. The Hall–Kier alpha value is -4.53. The van der Waals surface area contributed by atoms with Crippen molar-refractivity contribution >= 4 is 18.2 Å². The SMILES string of the molecule is CC(C)(C)OC(=O)N1CCC(Oc2ccc(C[C@H](NC(=O)OCC3c4ccccc4-c4ccccc43)C(=O)O)cc2)CC1. The molecule has 0 unspecified atom stereocenters. The molecule has 3 aromatic rings. The van der Waals surface area contributed by atoms with Gasteiger partial charge in [0.1, 0.15) is 30.1 Å². The van der Waals surface area contributed by atoms with Crippen molar-refractivity contribution in [3.63, 3.8) is 0 Å². The van der Waals surface area contributed by atoms with Gasteiger partial charge >= 0.3 is 18.2 Å². The van der Waals surface area contributed by atoms with Gasteiger partial charge in [-0.15, -0.1) is 0 Å². The van der Waals surface area contributed by atoms with E-state index in [4.69, 9.17) is 14.2 Å². The van der Waals surface area contributed by atoms with Crippen molar-refractivity contribution in [2.75, 3.05) is 19.7 Å². The van der Waals surface area contributed by atoms with Crippen LogP contribution in [0.1, 0.15) is 56.2 Å². The molecule has 1 fully saturated rings. The zero-order chi connectivity index (χ0) is 30.6. The van der Waals surface area contributed by atoms with Crippen LogP contribution in [0.2, 0.25) is 0 Å². The second-order valence-corrected chi connectivity index (χ2v) is 12.0. The van der Waals surface area contributed by atoms with Crippen LogP contribution in [0.5, 0.6) is 5.75 Å². The molecule has 0 spiro atoms. The normalized spacial score (nSPS) is 15.7. The number of amides is 2. The molecule has 1 saturated heterocycles. The number of piperidine rings is 1. The van der Waals surface area contributed by atoms with E-state index in [9.17, 15) is 19.5 Å². The molecule has 5 rings (SSSR count). The average molecular weight is 587 g/mol. The largest absolute Gasteiger partial charge is 0.490 e. The molecule has 9 heteroatoms. The number of aliphatic carboxylic acids is 1. The highest BCUT2D eigenvalue weighted by Crippen LogP contribution is 2.44. The molecule has 1 atom stereocenters. The Labute approximate surface area is 251 Å². The Balaban J connectivity index is 1.11. The van der Waals surface area contributed by atoms with Crippen molar-refractivity contribution in [3.05, 3.63) is 89.5 Å². The van der Waals surface area contributed by atoms with E-state index in [1.54, 1.807) is 29.2 Å². The van der Waals surface area contributed by atoms with E-state index >= 15 is 0 Å². The Morgan fingerprint density at radius 1 is 0.907 bits per heavy atom. The summed E-state index contributed by atoms with van der Waals surface area (Å²) in [5.41, 5.74) is 4.61. The lowest BCUT2D eigenvalue weighted by molar-refractivity contribution is -0.139. The van der Waals surface area contributed by atoms with Crippen LogP contribution in [-0.4, -0.2) is 65.6 Å². The van der Waals surface area contributed by atoms with Gasteiger partial charge in [-0.2, -0.15) is 0 Å². The third-order valence-corrected chi connectivity index (χ3v) is 7.69. The van der Waals surface area contributed by atoms with Gasteiger partial charge in [-0.3, -0.25) is 0 Å². The molecular formula is C34H38N2O7. The van der Waals surface area contributed by atoms with E-state index in [0.717, 1.165) is 27.8 Å². The number of benzene rings is 3. The number of carbonyl (C=O) groups excluding carboxylic acids is 2. The van der Waals surface area contributed by atoms with Crippen LogP contribution in [0, 0.1) is 0 Å². The van der Waals surface area contributed by atoms with E-state index in [1.165, 1.54) is 0 Å². The zero-order valence-electron chi connectivity index (χ0n) is 24.7. The Morgan fingerprint density at radius 2 is 1.49 bits per heavy atom. The van der Waals surface area contributed by atoms with E-state index < -0.39 is 23.7 Å². The molecule has 43 heavy (non-hydrogen) atoms. The first-order valence-electron chi connectivity index (χ1n) is 14.7. The zero-order valence-corrected chi connectivity index (χ0v) is 24.7. The minimum atomic E-state index is -1.15. The summed E-state index contributed by atoms with van der Waals surface area (Å²) in [7, 11) is 0. The Bertz CT molecular complexity index is 1410. The molecule has 3 aromatic carbocycles. The molecule has 2 amide bonds. The lowest BCUT2D eigenvalue weighted by atomic mass is 9.98. The number of carbonyl (C=O) groups is 3. The van der Waals surface area contributed by atoms with Gasteiger partial charge in [-0.25, -0.2) is 14.4 Å². The van der Waals surface area contributed by atoms with Crippen LogP contribution in [0.4, 0.5) is 9.59 Å². The first kappa shape index (κ1) is 29.9. The topological polar surface area (TPSA) is 114 Å². The van der Waals surface area contributed by atoms with E-state index in [-0.39, 0.29) is 31.1 Å². The van der Waals surface area contributed by atoms with E-state index in [0.29, 0.717) is 31.7 Å². The predicted molar refractivity (Wildman–Crippen MR) is 161 cm³/mol. The van der Waals surface area contributed by atoms with Crippen LogP contribution >= 0.6 is 0 Å².